The Morgan fingerprint density at radius 1 is 0.963 bits per heavy atom. The molecule has 0 saturated carbocycles. The zero-order valence-electron chi connectivity index (χ0n) is 16.1. The number of nitrogens with zero attached hydrogens (tertiary/aromatic N) is 1. The third-order valence-electron chi connectivity index (χ3n) is 4.30. The number of hydrogen-bond donors (Lipinski definition) is 3. The summed E-state index contributed by atoms with van der Waals surface area (Å²) >= 11 is 6.03. The lowest BCUT2D eigenvalue weighted by atomic mass is 9.85. The summed E-state index contributed by atoms with van der Waals surface area (Å²) in [5.41, 5.74) is 1.71. The number of carbonyl (C=O) groups is 1. The van der Waals surface area contributed by atoms with E-state index < -0.39 is 0 Å². The van der Waals surface area contributed by atoms with Crippen molar-refractivity contribution in [3.63, 3.8) is 0 Å². The maximum Gasteiger partial charge on any atom is 0.252 e. The minimum atomic E-state index is -0.185. The molecule has 0 fully saturated rings. The fourth-order valence-electron chi connectivity index (χ4n) is 2.61. The van der Waals surface area contributed by atoms with E-state index in [4.69, 9.17) is 11.6 Å². The van der Waals surface area contributed by atoms with Gasteiger partial charge in [0.05, 0.1) is 10.6 Å². The minimum Gasteiger partial charge on any atom is -0.356 e. The number of halogens is 1. The normalized spacial score (nSPS) is 11.8. The second-order valence-electron chi connectivity index (χ2n) is 6.84. The molecule has 0 atom stereocenters. The van der Waals surface area contributed by atoms with Gasteiger partial charge in [-0.1, -0.05) is 67.9 Å². The summed E-state index contributed by atoms with van der Waals surface area (Å²) in [6.45, 7) is 6.13. The van der Waals surface area contributed by atoms with Crippen molar-refractivity contribution in [2.24, 2.45) is 4.99 Å². The molecule has 0 aliphatic rings. The van der Waals surface area contributed by atoms with Crippen molar-refractivity contribution in [1.29, 1.82) is 0 Å². The highest BCUT2D eigenvalue weighted by molar-refractivity contribution is 6.33. The van der Waals surface area contributed by atoms with Gasteiger partial charge in [-0.2, -0.15) is 0 Å². The number of nitrogens with one attached hydrogen (secondary N) is 3. The molecule has 0 bridgehead atoms. The van der Waals surface area contributed by atoms with Crippen LogP contribution in [0.2, 0.25) is 5.02 Å². The molecular weight excluding hydrogens is 360 g/mol. The quantitative estimate of drug-likeness (QED) is 0.389. The Balaban J connectivity index is 1.76. The summed E-state index contributed by atoms with van der Waals surface area (Å²) in [6, 6.07) is 17.4. The van der Waals surface area contributed by atoms with Crippen LogP contribution >= 0.6 is 11.6 Å². The summed E-state index contributed by atoms with van der Waals surface area (Å²) in [6.07, 6.45) is 0. The Bertz CT molecular complexity index is 775. The van der Waals surface area contributed by atoms with E-state index in [-0.39, 0.29) is 11.3 Å². The summed E-state index contributed by atoms with van der Waals surface area (Å²) < 4.78 is 0. The molecule has 1 amide bonds. The summed E-state index contributed by atoms with van der Waals surface area (Å²) in [4.78, 5) is 16.4. The van der Waals surface area contributed by atoms with Crippen LogP contribution in [0.25, 0.3) is 0 Å². The van der Waals surface area contributed by atoms with Gasteiger partial charge < -0.3 is 16.0 Å². The molecule has 144 valence electrons. The topological polar surface area (TPSA) is 65.5 Å². The van der Waals surface area contributed by atoms with Gasteiger partial charge in [-0.15, -0.1) is 0 Å². The number of hydrogen-bond acceptors (Lipinski definition) is 2. The van der Waals surface area contributed by atoms with Gasteiger partial charge in [0.25, 0.3) is 5.91 Å². The third kappa shape index (κ3) is 6.29. The van der Waals surface area contributed by atoms with Crippen LogP contribution < -0.4 is 16.0 Å². The van der Waals surface area contributed by atoms with Gasteiger partial charge in [-0.05, 0) is 17.7 Å². The van der Waals surface area contributed by atoms with Crippen molar-refractivity contribution < 1.29 is 4.79 Å². The molecule has 2 aromatic rings. The van der Waals surface area contributed by atoms with Crippen molar-refractivity contribution in [3.8, 4) is 0 Å². The number of carbonyl (C=O) groups excluding carboxylic acids is 1. The molecule has 0 radical (unpaired) electrons. The average Bonchev–Trinajstić information content (AvgIpc) is 2.68. The van der Waals surface area contributed by atoms with Gasteiger partial charge in [0.15, 0.2) is 5.96 Å². The van der Waals surface area contributed by atoms with Gasteiger partial charge in [0.1, 0.15) is 0 Å². The fraction of sp³-hybridized carbons (Fsp3) is 0.333. The van der Waals surface area contributed by atoms with Gasteiger partial charge in [0.2, 0.25) is 0 Å². The first-order valence-corrected chi connectivity index (χ1v) is 9.34. The van der Waals surface area contributed by atoms with Crippen molar-refractivity contribution >= 4 is 23.5 Å². The monoisotopic (exact) mass is 386 g/mol. The highest BCUT2D eigenvalue weighted by atomic mass is 35.5. The predicted octanol–water partition coefficient (Wildman–Crippen LogP) is 3.21. The Hall–Kier alpha value is -2.53. The maximum atomic E-state index is 12.1. The largest absolute Gasteiger partial charge is 0.356 e. The Morgan fingerprint density at radius 2 is 1.59 bits per heavy atom. The van der Waals surface area contributed by atoms with Gasteiger partial charge >= 0.3 is 0 Å². The summed E-state index contributed by atoms with van der Waals surface area (Å²) in [7, 11) is 1.73. The molecule has 2 rings (SSSR count). The van der Waals surface area contributed by atoms with Crippen LogP contribution in [-0.2, 0) is 5.41 Å². The Labute approximate surface area is 166 Å². The number of rotatable bonds is 7. The van der Waals surface area contributed by atoms with Gasteiger partial charge in [0, 0.05) is 32.1 Å². The van der Waals surface area contributed by atoms with Crippen LogP contribution in [-0.4, -0.2) is 38.5 Å². The number of aliphatic imine (C=N–C) groups is 1. The van der Waals surface area contributed by atoms with Crippen molar-refractivity contribution in [2.45, 2.75) is 19.3 Å². The lowest BCUT2D eigenvalue weighted by Gasteiger charge is -2.26. The van der Waals surface area contributed by atoms with E-state index in [1.165, 1.54) is 5.56 Å². The Kier molecular flexibility index (Phi) is 7.67. The molecule has 0 aliphatic heterocycles. The molecule has 5 nitrogen and oxygen atoms in total. The van der Waals surface area contributed by atoms with Gasteiger partial charge in [-0.3, -0.25) is 9.79 Å². The van der Waals surface area contributed by atoms with Crippen LogP contribution in [0.1, 0.15) is 29.8 Å². The van der Waals surface area contributed by atoms with Crippen LogP contribution in [0, 0.1) is 0 Å². The average molecular weight is 387 g/mol. The van der Waals surface area contributed by atoms with E-state index in [1.807, 2.05) is 18.2 Å². The van der Waals surface area contributed by atoms with E-state index in [0.29, 0.717) is 29.6 Å². The van der Waals surface area contributed by atoms with Crippen LogP contribution in [0.3, 0.4) is 0 Å². The lowest BCUT2D eigenvalue weighted by molar-refractivity contribution is 0.0954. The zero-order chi connectivity index (χ0) is 19.7. The standard InChI is InChI=1S/C21H27ClN4O/c1-21(2,16-9-5-4-6-10-16)15-26-20(23-3)25-14-13-24-19(27)17-11-7-8-12-18(17)22/h4-12H,13-15H2,1-3H3,(H,24,27)(H2,23,25,26). The molecule has 2 aromatic carbocycles. The third-order valence-corrected chi connectivity index (χ3v) is 4.63. The molecule has 0 spiro atoms. The van der Waals surface area contributed by atoms with E-state index in [9.17, 15) is 4.79 Å². The highest BCUT2D eigenvalue weighted by Gasteiger charge is 2.20. The molecule has 0 heterocycles. The molecule has 6 heteroatoms. The van der Waals surface area contributed by atoms with Crippen LogP contribution in [0.4, 0.5) is 0 Å². The number of guanidine groups is 1. The van der Waals surface area contributed by atoms with Crippen molar-refractivity contribution in [3.05, 3.63) is 70.7 Å². The van der Waals surface area contributed by atoms with E-state index in [2.05, 4.69) is 46.9 Å². The predicted molar refractivity (Wildman–Crippen MR) is 113 cm³/mol. The second-order valence-corrected chi connectivity index (χ2v) is 7.25. The number of benzene rings is 2. The molecule has 0 aliphatic carbocycles. The van der Waals surface area contributed by atoms with Crippen molar-refractivity contribution in [2.75, 3.05) is 26.7 Å². The van der Waals surface area contributed by atoms with E-state index >= 15 is 0 Å². The lowest BCUT2D eigenvalue weighted by Crippen LogP contribution is -2.45. The zero-order valence-corrected chi connectivity index (χ0v) is 16.8. The molecule has 0 aromatic heterocycles. The fourth-order valence-corrected chi connectivity index (χ4v) is 2.84. The maximum absolute atomic E-state index is 12.1. The summed E-state index contributed by atoms with van der Waals surface area (Å²) in [5, 5.41) is 9.84. The van der Waals surface area contributed by atoms with E-state index in [0.717, 1.165) is 6.54 Å². The minimum absolute atomic E-state index is 0.0306. The van der Waals surface area contributed by atoms with Crippen LogP contribution in [0.15, 0.2) is 59.6 Å². The molecule has 0 saturated heterocycles. The van der Waals surface area contributed by atoms with Crippen LogP contribution in [0.5, 0.6) is 0 Å². The second kappa shape index (κ2) is 9.97. The van der Waals surface area contributed by atoms with Crippen molar-refractivity contribution in [1.82, 2.24) is 16.0 Å². The van der Waals surface area contributed by atoms with E-state index in [1.54, 1.807) is 31.3 Å². The first kappa shape index (κ1) is 20.8. The highest BCUT2D eigenvalue weighted by Crippen LogP contribution is 2.21. The van der Waals surface area contributed by atoms with Gasteiger partial charge in [-0.25, -0.2) is 0 Å². The summed E-state index contributed by atoms with van der Waals surface area (Å²) in [5.74, 6) is 0.515. The number of amides is 1. The first-order valence-electron chi connectivity index (χ1n) is 8.97. The smallest absolute Gasteiger partial charge is 0.252 e. The molecule has 27 heavy (non-hydrogen) atoms. The molecule has 0 unspecified atom stereocenters. The molecular formula is C21H27ClN4O. The Morgan fingerprint density at radius 3 is 2.26 bits per heavy atom. The first-order chi connectivity index (χ1) is 12.9. The SMILES string of the molecule is CN=C(NCCNC(=O)c1ccccc1Cl)NCC(C)(C)c1ccccc1. The molecule has 3 N–H and O–H groups in total.